The Labute approximate surface area is 198 Å². The molecule has 0 spiro atoms. The summed E-state index contributed by atoms with van der Waals surface area (Å²) in [6.07, 6.45) is 11.9. The molecule has 0 saturated heterocycles. The quantitative estimate of drug-likeness (QED) is 0.255. The molecule has 0 bridgehead atoms. The maximum atomic E-state index is 11.4. The molecule has 0 aliphatic heterocycles. The van der Waals surface area contributed by atoms with Gasteiger partial charge in [-0.15, -0.1) is 6.58 Å². The SMILES string of the molecule is C=C(C)CCc1ccccc1.C=C1CCC(=O)C1C.CCCCCCCC(=O)C(C)CC. The molecule has 32 heavy (non-hydrogen) atoms. The molecule has 0 aromatic heterocycles. The van der Waals surface area contributed by atoms with Crippen LogP contribution in [0.4, 0.5) is 0 Å². The fraction of sp³-hybridized carbons (Fsp3) is 0.600. The van der Waals surface area contributed by atoms with Crippen LogP contribution in [0, 0.1) is 11.8 Å². The van der Waals surface area contributed by atoms with E-state index in [0.717, 1.165) is 50.5 Å². The van der Waals surface area contributed by atoms with Crippen LogP contribution in [0.5, 0.6) is 0 Å². The lowest BCUT2D eigenvalue weighted by molar-refractivity contribution is -0.122. The molecule has 1 aliphatic carbocycles. The molecule has 2 heteroatoms. The standard InChI is InChI=1S/C12H24O.C11H14.C7H10O/c1-4-6-7-8-9-10-12(13)11(3)5-2;1-10(2)8-9-11-6-4-3-5-7-11;1-5-3-4-7(8)6(5)2/h11H,4-10H2,1-3H3;3-7H,1,8-9H2,2H3;6H,1,3-4H2,2H3. The highest BCUT2D eigenvalue weighted by atomic mass is 16.1. The Kier molecular flexibility index (Phi) is 17.5. The van der Waals surface area contributed by atoms with E-state index < -0.39 is 0 Å². The number of Topliss-reactive ketones (excluding diaryl/α,β-unsaturated/α-hetero) is 2. The van der Waals surface area contributed by atoms with E-state index in [4.69, 9.17) is 0 Å². The zero-order valence-electron chi connectivity index (χ0n) is 21.6. The summed E-state index contributed by atoms with van der Waals surface area (Å²) in [5, 5.41) is 0. The van der Waals surface area contributed by atoms with Crippen LogP contribution < -0.4 is 0 Å². The number of carbonyl (C=O) groups excluding carboxylic acids is 2. The van der Waals surface area contributed by atoms with Gasteiger partial charge in [-0.25, -0.2) is 0 Å². The molecule has 2 unspecified atom stereocenters. The van der Waals surface area contributed by atoms with Crippen molar-refractivity contribution in [3.8, 4) is 0 Å². The van der Waals surface area contributed by atoms with Crippen molar-refractivity contribution in [2.24, 2.45) is 11.8 Å². The Hall–Kier alpha value is -1.96. The summed E-state index contributed by atoms with van der Waals surface area (Å²) in [5.74, 6) is 1.25. The van der Waals surface area contributed by atoms with E-state index in [-0.39, 0.29) is 11.8 Å². The average Bonchev–Trinajstić information content (AvgIpc) is 3.09. The molecular weight excluding hydrogens is 392 g/mol. The summed E-state index contributed by atoms with van der Waals surface area (Å²) >= 11 is 0. The highest BCUT2D eigenvalue weighted by Gasteiger charge is 2.22. The molecule has 0 amide bonds. The number of carbonyl (C=O) groups is 2. The number of benzene rings is 1. The van der Waals surface area contributed by atoms with Gasteiger partial charge in [0.25, 0.3) is 0 Å². The summed E-state index contributed by atoms with van der Waals surface area (Å²) < 4.78 is 0. The van der Waals surface area contributed by atoms with Gasteiger partial charge in [-0.3, -0.25) is 9.59 Å². The van der Waals surface area contributed by atoms with Crippen LogP contribution in [0.25, 0.3) is 0 Å². The van der Waals surface area contributed by atoms with Gasteiger partial charge in [0.05, 0.1) is 0 Å². The third-order valence-electron chi connectivity index (χ3n) is 6.16. The molecule has 1 saturated carbocycles. The molecule has 1 aromatic rings. The lowest BCUT2D eigenvalue weighted by Gasteiger charge is -2.06. The summed E-state index contributed by atoms with van der Waals surface area (Å²) in [6.45, 7) is 18.0. The number of unbranched alkanes of at least 4 members (excludes halogenated alkanes) is 4. The van der Waals surface area contributed by atoms with Crippen molar-refractivity contribution in [2.75, 3.05) is 0 Å². The van der Waals surface area contributed by atoms with Crippen molar-refractivity contribution in [3.05, 3.63) is 60.2 Å². The molecule has 1 aromatic carbocycles. The largest absolute Gasteiger partial charge is 0.299 e. The summed E-state index contributed by atoms with van der Waals surface area (Å²) in [7, 11) is 0. The van der Waals surface area contributed by atoms with E-state index in [1.807, 2.05) is 19.9 Å². The first-order valence-electron chi connectivity index (χ1n) is 12.6. The van der Waals surface area contributed by atoms with E-state index in [0.29, 0.717) is 11.6 Å². The molecule has 2 nitrogen and oxygen atoms in total. The Balaban J connectivity index is 0.000000462. The monoisotopic (exact) mass is 440 g/mol. The van der Waals surface area contributed by atoms with Crippen LogP contribution in [0.15, 0.2) is 54.6 Å². The lowest BCUT2D eigenvalue weighted by Crippen LogP contribution is -2.09. The predicted molar refractivity (Wildman–Crippen MR) is 140 cm³/mol. The molecule has 0 N–H and O–H groups in total. The van der Waals surface area contributed by atoms with Crippen molar-refractivity contribution in [2.45, 2.75) is 105 Å². The first-order chi connectivity index (χ1) is 15.2. The third-order valence-corrected chi connectivity index (χ3v) is 6.16. The molecule has 0 heterocycles. The average molecular weight is 441 g/mol. The van der Waals surface area contributed by atoms with Crippen molar-refractivity contribution in [1.82, 2.24) is 0 Å². The highest BCUT2D eigenvalue weighted by molar-refractivity contribution is 5.86. The second kappa shape index (κ2) is 18.6. The highest BCUT2D eigenvalue weighted by Crippen LogP contribution is 2.24. The Morgan fingerprint density at radius 3 is 2.09 bits per heavy atom. The maximum Gasteiger partial charge on any atom is 0.140 e. The number of rotatable bonds is 11. The van der Waals surface area contributed by atoms with Crippen LogP contribution in [-0.2, 0) is 16.0 Å². The molecule has 2 atom stereocenters. The Bertz CT molecular complexity index is 655. The maximum absolute atomic E-state index is 11.4. The smallest absolute Gasteiger partial charge is 0.140 e. The molecule has 1 aliphatic rings. The molecule has 2 rings (SSSR count). The molecule has 180 valence electrons. The minimum absolute atomic E-state index is 0.148. The molecular formula is C30H48O2. The van der Waals surface area contributed by atoms with Gasteiger partial charge >= 0.3 is 0 Å². The van der Waals surface area contributed by atoms with Gasteiger partial charge in [0, 0.05) is 24.7 Å². The zero-order chi connectivity index (χ0) is 24.4. The number of hydrogen-bond acceptors (Lipinski definition) is 2. The van der Waals surface area contributed by atoms with E-state index in [9.17, 15) is 9.59 Å². The first-order valence-corrected chi connectivity index (χ1v) is 12.6. The van der Waals surface area contributed by atoms with Gasteiger partial charge in [0.15, 0.2) is 0 Å². The number of allylic oxidation sites excluding steroid dienone is 2. The Morgan fingerprint density at radius 1 is 1.03 bits per heavy atom. The minimum Gasteiger partial charge on any atom is -0.299 e. The second-order valence-electron chi connectivity index (χ2n) is 9.23. The summed E-state index contributed by atoms with van der Waals surface area (Å²) in [6, 6.07) is 10.5. The number of hydrogen-bond donors (Lipinski definition) is 0. The second-order valence-corrected chi connectivity index (χ2v) is 9.23. The topological polar surface area (TPSA) is 34.1 Å². The summed E-state index contributed by atoms with van der Waals surface area (Å²) in [4.78, 5) is 22.1. The first kappa shape index (κ1) is 30.0. The van der Waals surface area contributed by atoms with Gasteiger partial charge in [-0.1, -0.05) is 101 Å². The predicted octanol–water partition coefficient (Wildman–Crippen LogP) is 8.70. The van der Waals surface area contributed by atoms with E-state index in [1.54, 1.807) is 0 Å². The lowest BCUT2D eigenvalue weighted by atomic mass is 9.98. The fourth-order valence-electron chi connectivity index (χ4n) is 3.32. The van der Waals surface area contributed by atoms with Crippen molar-refractivity contribution < 1.29 is 9.59 Å². The molecule has 1 fully saturated rings. The normalized spacial score (nSPS) is 15.8. The van der Waals surface area contributed by atoms with Gasteiger partial charge < -0.3 is 0 Å². The number of ketones is 2. The summed E-state index contributed by atoms with van der Waals surface area (Å²) in [5.41, 5.74) is 3.76. The minimum atomic E-state index is 0.148. The van der Waals surface area contributed by atoms with E-state index >= 15 is 0 Å². The number of aryl methyl sites for hydroxylation is 1. The van der Waals surface area contributed by atoms with Crippen LogP contribution in [0.3, 0.4) is 0 Å². The van der Waals surface area contributed by atoms with Crippen LogP contribution in [0.2, 0.25) is 0 Å². The third kappa shape index (κ3) is 14.9. The van der Waals surface area contributed by atoms with Gasteiger partial charge in [-0.2, -0.15) is 0 Å². The van der Waals surface area contributed by atoms with E-state index in [2.05, 4.69) is 58.2 Å². The van der Waals surface area contributed by atoms with Gasteiger partial charge in [0.2, 0.25) is 0 Å². The van der Waals surface area contributed by atoms with Crippen molar-refractivity contribution in [1.29, 1.82) is 0 Å². The van der Waals surface area contributed by atoms with Gasteiger partial charge in [0.1, 0.15) is 11.6 Å². The van der Waals surface area contributed by atoms with Crippen LogP contribution >= 0.6 is 0 Å². The van der Waals surface area contributed by atoms with Gasteiger partial charge in [-0.05, 0) is 44.6 Å². The van der Waals surface area contributed by atoms with Crippen LogP contribution in [0.1, 0.15) is 104 Å². The van der Waals surface area contributed by atoms with Crippen molar-refractivity contribution >= 4 is 11.6 Å². The molecule has 0 radical (unpaired) electrons. The zero-order valence-corrected chi connectivity index (χ0v) is 21.6. The Morgan fingerprint density at radius 2 is 1.66 bits per heavy atom. The van der Waals surface area contributed by atoms with Crippen molar-refractivity contribution in [3.63, 3.8) is 0 Å². The van der Waals surface area contributed by atoms with Crippen LogP contribution in [-0.4, -0.2) is 11.6 Å². The fourth-order valence-corrected chi connectivity index (χ4v) is 3.32. The van der Waals surface area contributed by atoms with E-state index in [1.165, 1.54) is 36.8 Å².